The number of methoxy groups -OCH3 is 1. The van der Waals surface area contributed by atoms with Crippen LogP contribution in [0.15, 0.2) is 58.2 Å². The number of hydrogen-bond donors (Lipinski definition) is 1. The lowest BCUT2D eigenvalue weighted by atomic mass is 10.1. The average Bonchev–Trinajstić information content (AvgIpc) is 3.51. The molecular weight excluding hydrogens is 460 g/mol. The van der Waals surface area contributed by atoms with Crippen LogP contribution in [0.25, 0.3) is 22.6 Å². The highest BCUT2D eigenvalue weighted by Gasteiger charge is 2.21. The van der Waals surface area contributed by atoms with Gasteiger partial charge in [-0.05, 0) is 36.4 Å². The van der Waals surface area contributed by atoms with Gasteiger partial charge in [0.05, 0.1) is 37.7 Å². The Bertz CT molecular complexity index is 1400. The van der Waals surface area contributed by atoms with Crippen molar-refractivity contribution in [2.75, 3.05) is 13.7 Å². The predicted molar refractivity (Wildman–Crippen MR) is 120 cm³/mol. The molecule has 11 heteroatoms. The first kappa shape index (κ1) is 22.3. The first-order valence-electron chi connectivity index (χ1n) is 10.6. The van der Waals surface area contributed by atoms with Gasteiger partial charge in [-0.25, -0.2) is 18.6 Å². The number of aromatic amines is 1. The summed E-state index contributed by atoms with van der Waals surface area (Å²) in [5.41, 5.74) is 2.78. The molecule has 0 unspecified atom stereocenters. The van der Waals surface area contributed by atoms with Crippen LogP contribution in [0.1, 0.15) is 17.1 Å². The topological polar surface area (TPSA) is 106 Å². The molecule has 1 aliphatic heterocycles. The van der Waals surface area contributed by atoms with Crippen molar-refractivity contribution in [3.8, 4) is 28.4 Å². The van der Waals surface area contributed by atoms with Gasteiger partial charge in [0.25, 0.3) is 0 Å². The fraction of sp³-hybridized carbons (Fsp3) is 0.167. The minimum Gasteiger partial charge on any atom is -0.482 e. The summed E-state index contributed by atoms with van der Waals surface area (Å²) in [4.78, 5) is 18.6. The number of imidazole rings is 1. The van der Waals surface area contributed by atoms with Gasteiger partial charge in [0.15, 0.2) is 24.0 Å². The summed E-state index contributed by atoms with van der Waals surface area (Å²) < 4.78 is 43.1. The Kier molecular flexibility index (Phi) is 5.96. The third kappa shape index (κ3) is 4.74. The number of fused-ring (bicyclic) bond motifs is 1. The van der Waals surface area contributed by atoms with Crippen LogP contribution in [0, 0.1) is 11.6 Å². The van der Waals surface area contributed by atoms with Gasteiger partial charge in [0.1, 0.15) is 23.0 Å². The van der Waals surface area contributed by atoms with Crippen molar-refractivity contribution >= 4 is 12.2 Å². The van der Waals surface area contributed by atoms with Crippen LogP contribution in [-0.2, 0) is 22.6 Å². The molecule has 0 amide bonds. The second-order valence-corrected chi connectivity index (χ2v) is 7.69. The highest BCUT2D eigenvalue weighted by atomic mass is 19.2. The van der Waals surface area contributed by atoms with Crippen LogP contribution in [0.4, 0.5) is 8.78 Å². The molecule has 0 atom stereocenters. The Balaban J connectivity index is 1.24. The molecule has 178 valence electrons. The third-order valence-electron chi connectivity index (χ3n) is 5.33. The molecule has 9 nitrogen and oxygen atoms in total. The number of ether oxygens (including phenoxy) is 2. The van der Waals surface area contributed by atoms with E-state index < -0.39 is 17.6 Å². The minimum atomic E-state index is -0.954. The summed E-state index contributed by atoms with van der Waals surface area (Å²) in [5.74, 6) is -1.00. The molecule has 0 aliphatic carbocycles. The second-order valence-electron chi connectivity index (χ2n) is 7.69. The smallest absolute Gasteiger partial charge is 0.343 e. The summed E-state index contributed by atoms with van der Waals surface area (Å²) in [6.45, 7) is 0.543. The molecule has 0 bridgehead atoms. The van der Waals surface area contributed by atoms with E-state index in [1.165, 1.54) is 19.2 Å². The normalized spacial score (nSPS) is 12.5. The summed E-state index contributed by atoms with van der Waals surface area (Å²) in [5, 5.41) is 10.2. The number of nitrogens with one attached hydrogen (secondary N) is 1. The standard InChI is InChI=1S/C24H19F2N5O4/c1-33-22(32)13-34-15-7-5-14(6-8-15)19-9-16(35-30-19)11-31-12-21-20(10-27-31)28-24(29-21)17-3-2-4-18(25)23(17)26/h2-10H,11-13H2,1H3,(H,28,29). The lowest BCUT2D eigenvalue weighted by molar-refractivity contribution is -0.142. The molecule has 35 heavy (non-hydrogen) atoms. The number of hydrogen-bond acceptors (Lipinski definition) is 8. The Morgan fingerprint density at radius 3 is 2.83 bits per heavy atom. The molecule has 0 saturated heterocycles. The highest BCUT2D eigenvalue weighted by molar-refractivity contribution is 5.80. The first-order chi connectivity index (χ1) is 17.0. The van der Waals surface area contributed by atoms with E-state index in [1.807, 2.05) is 0 Å². The van der Waals surface area contributed by atoms with Crippen LogP contribution < -0.4 is 4.74 Å². The fourth-order valence-electron chi connectivity index (χ4n) is 3.55. The zero-order chi connectivity index (χ0) is 24.4. The SMILES string of the molecule is COC(=O)COc1ccc(-c2cc(CN3Cc4[nH]c(-c5cccc(F)c5F)nc4C=N3)on2)cc1. The molecule has 5 rings (SSSR count). The lowest BCUT2D eigenvalue weighted by Gasteiger charge is -2.19. The molecule has 3 heterocycles. The van der Waals surface area contributed by atoms with Crippen molar-refractivity contribution in [2.45, 2.75) is 13.1 Å². The van der Waals surface area contributed by atoms with Gasteiger partial charge in [-0.1, -0.05) is 11.2 Å². The number of rotatable bonds is 7. The lowest BCUT2D eigenvalue weighted by Crippen LogP contribution is -2.21. The fourth-order valence-corrected chi connectivity index (χ4v) is 3.55. The van der Waals surface area contributed by atoms with E-state index in [2.05, 4.69) is 25.0 Å². The number of carbonyl (C=O) groups excluding carboxylic acids is 1. The Morgan fingerprint density at radius 2 is 2.03 bits per heavy atom. The summed E-state index contributed by atoms with van der Waals surface area (Å²) >= 11 is 0. The van der Waals surface area contributed by atoms with Crippen LogP contribution in [0.3, 0.4) is 0 Å². The van der Waals surface area contributed by atoms with Crippen LogP contribution in [0.2, 0.25) is 0 Å². The number of nitrogens with zero attached hydrogens (tertiary/aromatic N) is 4. The van der Waals surface area contributed by atoms with Gasteiger partial charge in [0, 0.05) is 11.6 Å². The van der Waals surface area contributed by atoms with Gasteiger partial charge < -0.3 is 19.0 Å². The number of benzene rings is 2. The maximum atomic E-state index is 14.1. The zero-order valence-electron chi connectivity index (χ0n) is 18.5. The van der Waals surface area contributed by atoms with Crippen molar-refractivity contribution in [3.05, 3.63) is 77.3 Å². The molecule has 0 saturated carbocycles. The van der Waals surface area contributed by atoms with Crippen molar-refractivity contribution < 1.29 is 27.6 Å². The predicted octanol–water partition coefficient (Wildman–Crippen LogP) is 3.91. The Labute approximate surface area is 198 Å². The van der Waals surface area contributed by atoms with E-state index in [4.69, 9.17) is 9.26 Å². The van der Waals surface area contributed by atoms with E-state index in [0.29, 0.717) is 36.0 Å². The van der Waals surface area contributed by atoms with Crippen molar-refractivity contribution in [3.63, 3.8) is 0 Å². The monoisotopic (exact) mass is 479 g/mol. The second kappa shape index (κ2) is 9.37. The summed E-state index contributed by atoms with van der Waals surface area (Å²) in [6.07, 6.45) is 1.56. The molecule has 2 aromatic heterocycles. The molecule has 0 radical (unpaired) electrons. The van der Waals surface area contributed by atoms with Crippen LogP contribution >= 0.6 is 0 Å². The molecule has 2 aromatic carbocycles. The molecule has 0 fully saturated rings. The van der Waals surface area contributed by atoms with E-state index in [0.717, 1.165) is 17.3 Å². The van der Waals surface area contributed by atoms with Gasteiger partial charge in [-0.3, -0.25) is 5.01 Å². The summed E-state index contributed by atoms with van der Waals surface area (Å²) in [6, 6.07) is 12.8. The van der Waals surface area contributed by atoms with Crippen molar-refractivity contribution in [1.29, 1.82) is 0 Å². The zero-order valence-corrected chi connectivity index (χ0v) is 18.5. The molecule has 4 aromatic rings. The van der Waals surface area contributed by atoms with Gasteiger partial charge in [-0.15, -0.1) is 0 Å². The molecular formula is C24H19F2N5O4. The number of hydrazone groups is 1. The molecule has 1 N–H and O–H groups in total. The van der Waals surface area contributed by atoms with Gasteiger partial charge >= 0.3 is 5.97 Å². The van der Waals surface area contributed by atoms with Gasteiger partial charge in [0.2, 0.25) is 0 Å². The number of H-pyrrole nitrogens is 1. The minimum absolute atomic E-state index is 0.0564. The largest absolute Gasteiger partial charge is 0.482 e. The van der Waals surface area contributed by atoms with Crippen molar-refractivity contribution in [2.24, 2.45) is 5.10 Å². The van der Waals surface area contributed by atoms with Gasteiger partial charge in [-0.2, -0.15) is 5.10 Å². The maximum Gasteiger partial charge on any atom is 0.343 e. The molecule has 0 spiro atoms. The number of aromatic nitrogens is 3. The molecule has 1 aliphatic rings. The van der Waals surface area contributed by atoms with Crippen molar-refractivity contribution in [1.82, 2.24) is 20.1 Å². The van der Waals surface area contributed by atoms with E-state index in [9.17, 15) is 13.6 Å². The maximum absolute atomic E-state index is 14.1. The number of carbonyl (C=O) groups is 1. The average molecular weight is 479 g/mol. The van der Waals surface area contributed by atoms with Crippen LogP contribution in [-0.4, -0.2) is 46.0 Å². The quantitative estimate of drug-likeness (QED) is 0.401. The third-order valence-corrected chi connectivity index (χ3v) is 5.33. The Morgan fingerprint density at radius 1 is 1.20 bits per heavy atom. The number of esters is 1. The number of halogens is 2. The summed E-state index contributed by atoms with van der Waals surface area (Å²) in [7, 11) is 1.30. The van der Waals surface area contributed by atoms with E-state index in [-0.39, 0.29) is 18.0 Å². The first-order valence-corrected chi connectivity index (χ1v) is 10.6. The Hall–Kier alpha value is -4.54. The van der Waals surface area contributed by atoms with Crippen LogP contribution in [0.5, 0.6) is 5.75 Å². The van der Waals surface area contributed by atoms with E-state index in [1.54, 1.807) is 41.6 Å². The highest BCUT2D eigenvalue weighted by Crippen LogP contribution is 2.26. The van der Waals surface area contributed by atoms with E-state index >= 15 is 0 Å².